The van der Waals surface area contributed by atoms with Crippen molar-refractivity contribution in [2.24, 2.45) is 10.7 Å². The van der Waals surface area contributed by atoms with Crippen molar-refractivity contribution in [1.82, 2.24) is 4.98 Å². The first-order valence-corrected chi connectivity index (χ1v) is 11.1. The van der Waals surface area contributed by atoms with Gasteiger partial charge in [0.25, 0.3) is 0 Å². The molecule has 0 aliphatic rings. The second-order valence-corrected chi connectivity index (χ2v) is 7.97. The summed E-state index contributed by atoms with van der Waals surface area (Å²) in [6, 6.07) is 22.3. The average Bonchev–Trinajstić information content (AvgIpc) is 3.34. The number of hydrogen-bond donors (Lipinski definition) is 2. The summed E-state index contributed by atoms with van der Waals surface area (Å²) in [5, 5.41) is 5.41. The van der Waals surface area contributed by atoms with Gasteiger partial charge in [-0.3, -0.25) is 4.79 Å². The number of aromatic nitrogens is 1. The molecular weight excluding hydrogens is 440 g/mol. The highest BCUT2D eigenvalue weighted by Gasteiger charge is 2.05. The lowest BCUT2D eigenvalue weighted by Crippen LogP contribution is -2.14. The van der Waals surface area contributed by atoms with Gasteiger partial charge in [-0.15, -0.1) is 11.3 Å². The second-order valence-electron chi connectivity index (χ2n) is 6.84. The molecule has 4 rings (SSSR count). The molecule has 0 aliphatic heterocycles. The number of hydrogen-bond acceptors (Lipinski definition) is 4. The number of amidine groups is 1. The van der Waals surface area contributed by atoms with E-state index in [0.717, 1.165) is 22.5 Å². The van der Waals surface area contributed by atoms with Gasteiger partial charge in [0.15, 0.2) is 0 Å². The highest BCUT2D eigenvalue weighted by atomic mass is 35.5. The van der Waals surface area contributed by atoms with Crippen LogP contribution in [0.2, 0.25) is 5.02 Å². The van der Waals surface area contributed by atoms with Gasteiger partial charge in [0, 0.05) is 33.3 Å². The maximum Gasteiger partial charge on any atom is 0.248 e. The summed E-state index contributed by atoms with van der Waals surface area (Å²) in [7, 11) is 0. The molecule has 32 heavy (non-hydrogen) atoms. The van der Waals surface area contributed by atoms with Crippen LogP contribution in [0, 0.1) is 0 Å². The largest absolute Gasteiger partial charge is 0.383 e. The number of benzene rings is 3. The van der Waals surface area contributed by atoms with E-state index in [0.29, 0.717) is 22.1 Å². The summed E-state index contributed by atoms with van der Waals surface area (Å²) < 4.78 is 0. The van der Waals surface area contributed by atoms with Crippen molar-refractivity contribution in [2.75, 3.05) is 5.32 Å². The summed E-state index contributed by atoms with van der Waals surface area (Å²) in [4.78, 5) is 21.1. The molecule has 3 aromatic carbocycles. The minimum absolute atomic E-state index is 0.268. The number of halogens is 1. The zero-order valence-electron chi connectivity index (χ0n) is 16.9. The summed E-state index contributed by atoms with van der Waals surface area (Å²) in [5.74, 6) is 0.0873. The predicted molar refractivity (Wildman–Crippen MR) is 133 cm³/mol. The Labute approximate surface area is 194 Å². The Morgan fingerprint density at radius 3 is 2.62 bits per heavy atom. The average molecular weight is 459 g/mol. The molecule has 158 valence electrons. The van der Waals surface area contributed by atoms with Crippen LogP contribution in [-0.4, -0.2) is 16.7 Å². The summed E-state index contributed by atoms with van der Waals surface area (Å²) in [5.41, 5.74) is 12.8. The van der Waals surface area contributed by atoms with Crippen LogP contribution in [-0.2, 0) is 4.79 Å². The minimum Gasteiger partial charge on any atom is -0.383 e. The number of nitrogens with zero attached hydrogens (tertiary/aromatic N) is 2. The zero-order valence-corrected chi connectivity index (χ0v) is 18.5. The maximum absolute atomic E-state index is 12.3. The van der Waals surface area contributed by atoms with E-state index in [1.54, 1.807) is 41.1 Å². The van der Waals surface area contributed by atoms with Crippen LogP contribution in [0.4, 0.5) is 11.4 Å². The molecule has 3 N–H and O–H groups in total. The molecule has 0 bridgehead atoms. The van der Waals surface area contributed by atoms with Crippen LogP contribution in [0.15, 0.2) is 94.8 Å². The molecule has 0 atom stereocenters. The fourth-order valence-corrected chi connectivity index (χ4v) is 3.74. The van der Waals surface area contributed by atoms with Crippen LogP contribution < -0.4 is 11.1 Å². The van der Waals surface area contributed by atoms with Gasteiger partial charge in [0.2, 0.25) is 5.91 Å². The number of nitrogens with two attached hydrogens (primary N) is 1. The number of anilines is 1. The number of thiazole rings is 1. The fourth-order valence-electron chi connectivity index (χ4n) is 2.98. The molecule has 0 fully saturated rings. The third kappa shape index (κ3) is 5.49. The van der Waals surface area contributed by atoms with Crippen LogP contribution in [0.5, 0.6) is 0 Å². The lowest BCUT2D eigenvalue weighted by molar-refractivity contribution is -0.111. The topological polar surface area (TPSA) is 80.4 Å². The number of aliphatic imine (C=N–C) groups is 1. The number of amides is 1. The van der Waals surface area contributed by atoms with E-state index in [4.69, 9.17) is 17.3 Å². The number of rotatable bonds is 6. The van der Waals surface area contributed by atoms with Crippen molar-refractivity contribution in [3.05, 3.63) is 106 Å². The van der Waals surface area contributed by atoms with Gasteiger partial charge in [0.05, 0.1) is 16.9 Å². The Kier molecular flexibility index (Phi) is 6.75. The van der Waals surface area contributed by atoms with Gasteiger partial charge in [-0.1, -0.05) is 54.1 Å². The van der Waals surface area contributed by atoms with Gasteiger partial charge in [-0.05, 0) is 42.0 Å². The number of carbonyl (C=O) groups is 1. The van der Waals surface area contributed by atoms with Crippen molar-refractivity contribution in [2.45, 2.75) is 0 Å². The van der Waals surface area contributed by atoms with Gasteiger partial charge in [0.1, 0.15) is 5.84 Å². The van der Waals surface area contributed by atoms with E-state index in [-0.39, 0.29) is 5.91 Å². The second kappa shape index (κ2) is 10.0. The van der Waals surface area contributed by atoms with Gasteiger partial charge < -0.3 is 11.1 Å². The Morgan fingerprint density at radius 1 is 1.06 bits per heavy atom. The van der Waals surface area contributed by atoms with Crippen molar-refractivity contribution in [3.8, 4) is 11.3 Å². The highest BCUT2D eigenvalue weighted by Crippen LogP contribution is 2.23. The van der Waals surface area contributed by atoms with Crippen molar-refractivity contribution in [1.29, 1.82) is 0 Å². The van der Waals surface area contributed by atoms with E-state index in [9.17, 15) is 4.79 Å². The highest BCUT2D eigenvalue weighted by molar-refractivity contribution is 7.07. The first kappa shape index (κ1) is 21.5. The molecule has 1 aromatic heterocycles. The molecule has 0 saturated heterocycles. The normalized spacial score (nSPS) is 11.6. The Morgan fingerprint density at radius 2 is 1.88 bits per heavy atom. The van der Waals surface area contributed by atoms with Gasteiger partial charge >= 0.3 is 0 Å². The monoisotopic (exact) mass is 458 g/mol. The quantitative estimate of drug-likeness (QED) is 0.206. The van der Waals surface area contributed by atoms with Gasteiger partial charge in [-0.25, -0.2) is 9.98 Å². The summed E-state index contributed by atoms with van der Waals surface area (Å²) in [6.45, 7) is 0. The molecule has 1 amide bonds. The third-order valence-electron chi connectivity index (χ3n) is 4.59. The minimum atomic E-state index is -0.268. The first-order chi connectivity index (χ1) is 15.6. The third-order valence-corrected chi connectivity index (χ3v) is 5.52. The van der Waals surface area contributed by atoms with Crippen LogP contribution in [0.3, 0.4) is 0 Å². The van der Waals surface area contributed by atoms with Crippen molar-refractivity contribution < 1.29 is 4.79 Å². The van der Waals surface area contributed by atoms with E-state index >= 15 is 0 Å². The summed E-state index contributed by atoms with van der Waals surface area (Å²) in [6.07, 6.45) is 3.11. The van der Waals surface area contributed by atoms with E-state index in [1.165, 1.54) is 6.08 Å². The molecule has 0 unspecified atom stereocenters. The Bertz CT molecular complexity index is 1280. The molecule has 0 spiro atoms. The molecule has 7 heteroatoms. The zero-order chi connectivity index (χ0) is 22.3. The fraction of sp³-hybridized carbons (Fsp3) is 0. The first-order valence-electron chi connectivity index (χ1n) is 9.75. The van der Waals surface area contributed by atoms with Crippen LogP contribution in [0.1, 0.15) is 11.1 Å². The predicted octanol–water partition coefficient (Wildman–Crippen LogP) is 6.15. The van der Waals surface area contributed by atoms with Crippen LogP contribution >= 0.6 is 22.9 Å². The van der Waals surface area contributed by atoms with E-state index < -0.39 is 0 Å². The Hall–Kier alpha value is -3.74. The SMILES string of the molecule is NC(=Nc1ccc(-c2cscn2)cc1)c1cccc(NC(=O)/C=C/c2ccccc2Cl)c1. The molecule has 0 aliphatic carbocycles. The number of carbonyl (C=O) groups excluding carboxylic acids is 1. The lowest BCUT2D eigenvalue weighted by Gasteiger charge is -2.06. The lowest BCUT2D eigenvalue weighted by atomic mass is 10.1. The number of nitrogens with one attached hydrogen (secondary N) is 1. The molecule has 0 radical (unpaired) electrons. The van der Waals surface area contributed by atoms with E-state index in [1.807, 2.05) is 60.0 Å². The molecule has 5 nitrogen and oxygen atoms in total. The standard InChI is InChI=1S/C25H19ClN4OS/c26-22-7-2-1-4-17(22)10-13-24(31)29-21-6-3-5-19(14-21)25(27)30-20-11-8-18(9-12-20)23-15-32-16-28-23/h1-16H,(H2,27,30)(H,29,31)/b13-10+. The Balaban J connectivity index is 1.45. The van der Waals surface area contributed by atoms with E-state index in [2.05, 4.69) is 15.3 Å². The molecule has 0 saturated carbocycles. The smallest absolute Gasteiger partial charge is 0.248 e. The molecule has 1 heterocycles. The van der Waals surface area contributed by atoms with Crippen molar-refractivity contribution >= 4 is 52.1 Å². The maximum atomic E-state index is 12.3. The van der Waals surface area contributed by atoms with Crippen LogP contribution in [0.25, 0.3) is 17.3 Å². The molecule has 4 aromatic rings. The summed E-state index contributed by atoms with van der Waals surface area (Å²) >= 11 is 7.67. The molecular formula is C25H19ClN4OS. The van der Waals surface area contributed by atoms with Gasteiger partial charge in [-0.2, -0.15) is 0 Å². The van der Waals surface area contributed by atoms with Crippen molar-refractivity contribution in [3.63, 3.8) is 0 Å².